The molecule has 0 aromatic rings. The topological polar surface area (TPSA) is 12.5 Å². The van der Waals surface area contributed by atoms with Gasteiger partial charge >= 0.3 is 0 Å². The van der Waals surface area contributed by atoms with E-state index in [1.807, 2.05) is 0 Å². The van der Waals surface area contributed by atoms with Crippen molar-refractivity contribution in [2.24, 2.45) is 0 Å². The van der Waals surface area contributed by atoms with E-state index in [0.29, 0.717) is 0 Å². The van der Waals surface area contributed by atoms with E-state index in [0.717, 1.165) is 19.7 Å². The third-order valence-corrected chi connectivity index (χ3v) is 1.89. The van der Waals surface area contributed by atoms with Gasteiger partial charge in [0.25, 0.3) is 0 Å². The van der Waals surface area contributed by atoms with Crippen molar-refractivity contribution in [2.75, 3.05) is 33.4 Å². The van der Waals surface area contributed by atoms with Crippen LogP contribution in [0.2, 0.25) is 0 Å². The quantitative estimate of drug-likeness (QED) is 0.561. The second-order valence-electron chi connectivity index (χ2n) is 2.78. The van der Waals surface area contributed by atoms with E-state index < -0.39 is 0 Å². The molecule has 0 aromatic heterocycles. The van der Waals surface area contributed by atoms with Crippen LogP contribution in [0, 0.1) is 0 Å². The van der Waals surface area contributed by atoms with E-state index in [4.69, 9.17) is 4.74 Å². The monoisotopic (exact) mass is 159 g/mol. The highest BCUT2D eigenvalue weighted by Gasteiger charge is 1.98. The highest BCUT2D eigenvalue weighted by molar-refractivity contribution is 4.53. The number of methoxy groups -OCH3 is 1. The smallest absolute Gasteiger partial charge is 0.0589 e. The lowest BCUT2D eigenvalue weighted by molar-refractivity contribution is 0.150. The van der Waals surface area contributed by atoms with Crippen LogP contribution in [-0.2, 0) is 4.74 Å². The minimum Gasteiger partial charge on any atom is -0.383 e. The lowest BCUT2D eigenvalue weighted by atomic mass is 10.3. The summed E-state index contributed by atoms with van der Waals surface area (Å²) in [4.78, 5) is 2.42. The molecule has 0 unspecified atom stereocenters. The van der Waals surface area contributed by atoms with Crippen molar-refractivity contribution < 1.29 is 4.74 Å². The fraction of sp³-hybridized carbons (Fsp3) is 1.00. The maximum atomic E-state index is 5.01. The maximum absolute atomic E-state index is 5.01. The van der Waals surface area contributed by atoms with Crippen LogP contribution in [0.25, 0.3) is 0 Å². The minimum absolute atomic E-state index is 0.859. The lowest BCUT2D eigenvalue weighted by Gasteiger charge is -2.18. The summed E-state index contributed by atoms with van der Waals surface area (Å²) < 4.78 is 5.01. The number of hydrogen-bond donors (Lipinski definition) is 0. The first-order valence-electron chi connectivity index (χ1n) is 4.56. The molecule has 0 N–H and O–H groups in total. The summed E-state index contributed by atoms with van der Waals surface area (Å²) in [5.74, 6) is 0. The SMILES string of the molecule is CCCCN(CC)CCOC. The van der Waals surface area contributed by atoms with Gasteiger partial charge in [0.2, 0.25) is 0 Å². The van der Waals surface area contributed by atoms with Gasteiger partial charge in [-0.15, -0.1) is 0 Å². The third-order valence-electron chi connectivity index (χ3n) is 1.89. The molecule has 2 heteroatoms. The summed E-state index contributed by atoms with van der Waals surface area (Å²) in [5.41, 5.74) is 0. The summed E-state index contributed by atoms with van der Waals surface area (Å²) in [6, 6.07) is 0. The van der Waals surface area contributed by atoms with Gasteiger partial charge in [0.15, 0.2) is 0 Å². The van der Waals surface area contributed by atoms with E-state index in [9.17, 15) is 0 Å². The Labute approximate surface area is 70.5 Å². The van der Waals surface area contributed by atoms with E-state index >= 15 is 0 Å². The molecule has 11 heavy (non-hydrogen) atoms. The number of nitrogens with zero attached hydrogens (tertiary/aromatic N) is 1. The zero-order chi connectivity index (χ0) is 8.53. The van der Waals surface area contributed by atoms with Crippen molar-refractivity contribution in [1.82, 2.24) is 4.90 Å². The summed E-state index contributed by atoms with van der Waals surface area (Å²) >= 11 is 0. The van der Waals surface area contributed by atoms with Gasteiger partial charge in [-0.2, -0.15) is 0 Å². The maximum Gasteiger partial charge on any atom is 0.0589 e. The molecule has 0 amide bonds. The molecular weight excluding hydrogens is 138 g/mol. The molecule has 0 bridgehead atoms. The van der Waals surface area contributed by atoms with Crippen LogP contribution >= 0.6 is 0 Å². The average Bonchev–Trinajstić information content (AvgIpc) is 2.05. The summed E-state index contributed by atoms with van der Waals surface area (Å²) in [5, 5.41) is 0. The van der Waals surface area contributed by atoms with Crippen molar-refractivity contribution >= 4 is 0 Å². The standard InChI is InChI=1S/C9H21NO/c1-4-6-7-10(5-2)8-9-11-3/h4-9H2,1-3H3. The van der Waals surface area contributed by atoms with Crippen LogP contribution < -0.4 is 0 Å². The molecule has 0 atom stereocenters. The fourth-order valence-corrected chi connectivity index (χ4v) is 1.03. The number of hydrogen-bond acceptors (Lipinski definition) is 2. The first-order valence-corrected chi connectivity index (χ1v) is 4.56. The number of rotatable bonds is 7. The third kappa shape index (κ3) is 6.32. The Balaban J connectivity index is 3.25. The molecule has 0 aliphatic rings. The molecule has 0 spiro atoms. The van der Waals surface area contributed by atoms with E-state index in [1.54, 1.807) is 7.11 Å². The Hall–Kier alpha value is -0.0800. The Morgan fingerprint density at radius 3 is 2.36 bits per heavy atom. The van der Waals surface area contributed by atoms with Crippen molar-refractivity contribution in [2.45, 2.75) is 26.7 Å². The Kier molecular flexibility index (Phi) is 7.96. The van der Waals surface area contributed by atoms with Crippen molar-refractivity contribution in [3.63, 3.8) is 0 Å². The van der Waals surface area contributed by atoms with Crippen LogP contribution in [0.3, 0.4) is 0 Å². The molecule has 0 heterocycles. The summed E-state index contributed by atoms with van der Waals surface area (Å²) in [6.45, 7) is 8.72. The number of unbranched alkanes of at least 4 members (excludes halogenated alkanes) is 1. The van der Waals surface area contributed by atoms with Gasteiger partial charge in [-0.25, -0.2) is 0 Å². The van der Waals surface area contributed by atoms with E-state index in [-0.39, 0.29) is 0 Å². The zero-order valence-electron chi connectivity index (χ0n) is 8.10. The molecule has 0 saturated heterocycles. The van der Waals surface area contributed by atoms with E-state index in [1.165, 1.54) is 19.4 Å². The minimum atomic E-state index is 0.859. The van der Waals surface area contributed by atoms with Gasteiger partial charge in [0.1, 0.15) is 0 Å². The highest BCUT2D eigenvalue weighted by atomic mass is 16.5. The molecule has 68 valence electrons. The van der Waals surface area contributed by atoms with Gasteiger partial charge in [-0.3, -0.25) is 0 Å². The van der Waals surface area contributed by atoms with Crippen LogP contribution in [0.4, 0.5) is 0 Å². The van der Waals surface area contributed by atoms with Gasteiger partial charge in [-0.05, 0) is 19.5 Å². The molecule has 0 fully saturated rings. The molecule has 2 nitrogen and oxygen atoms in total. The average molecular weight is 159 g/mol. The zero-order valence-corrected chi connectivity index (χ0v) is 8.10. The van der Waals surface area contributed by atoms with Crippen LogP contribution in [0.5, 0.6) is 0 Å². The van der Waals surface area contributed by atoms with E-state index in [2.05, 4.69) is 18.7 Å². The predicted molar refractivity (Wildman–Crippen MR) is 48.9 cm³/mol. The molecule has 0 radical (unpaired) electrons. The Morgan fingerprint density at radius 1 is 1.18 bits per heavy atom. The van der Waals surface area contributed by atoms with Crippen molar-refractivity contribution in [1.29, 1.82) is 0 Å². The predicted octanol–water partition coefficient (Wildman–Crippen LogP) is 1.75. The van der Waals surface area contributed by atoms with Gasteiger partial charge in [0.05, 0.1) is 6.61 Å². The van der Waals surface area contributed by atoms with Gasteiger partial charge in [0, 0.05) is 13.7 Å². The fourth-order valence-electron chi connectivity index (χ4n) is 1.03. The second-order valence-corrected chi connectivity index (χ2v) is 2.78. The molecule has 0 aliphatic carbocycles. The largest absolute Gasteiger partial charge is 0.383 e. The normalized spacial score (nSPS) is 10.9. The van der Waals surface area contributed by atoms with Crippen LogP contribution in [0.1, 0.15) is 26.7 Å². The Morgan fingerprint density at radius 2 is 1.91 bits per heavy atom. The molecule has 0 aromatic carbocycles. The summed E-state index contributed by atoms with van der Waals surface area (Å²) in [7, 11) is 1.76. The summed E-state index contributed by atoms with van der Waals surface area (Å²) in [6.07, 6.45) is 2.58. The molecule has 0 saturated carbocycles. The Bertz CT molecular complexity index is 68.0. The second kappa shape index (κ2) is 8.02. The van der Waals surface area contributed by atoms with Gasteiger partial charge < -0.3 is 9.64 Å². The van der Waals surface area contributed by atoms with Crippen molar-refractivity contribution in [3.05, 3.63) is 0 Å². The molecule has 0 aliphatic heterocycles. The number of likely N-dealkylation sites (N-methyl/N-ethyl adjacent to an activating group) is 1. The first-order chi connectivity index (χ1) is 5.35. The van der Waals surface area contributed by atoms with Crippen LogP contribution in [-0.4, -0.2) is 38.3 Å². The molecular formula is C9H21NO. The highest BCUT2D eigenvalue weighted by Crippen LogP contribution is 1.93. The number of ether oxygens (including phenoxy) is 1. The van der Waals surface area contributed by atoms with Crippen LogP contribution in [0.15, 0.2) is 0 Å². The van der Waals surface area contributed by atoms with Gasteiger partial charge in [-0.1, -0.05) is 20.3 Å². The van der Waals surface area contributed by atoms with Crippen molar-refractivity contribution in [3.8, 4) is 0 Å². The lowest BCUT2D eigenvalue weighted by Crippen LogP contribution is -2.28. The first kappa shape index (κ1) is 10.9. The molecule has 0 rings (SSSR count).